The summed E-state index contributed by atoms with van der Waals surface area (Å²) < 4.78 is 40.8. The lowest BCUT2D eigenvalue weighted by Gasteiger charge is -2.21. The number of aromatic nitrogens is 1. The normalized spacial score (nSPS) is 14.0. The van der Waals surface area contributed by atoms with Gasteiger partial charge in [0, 0.05) is 19.0 Å². The number of carboxylic acid groups (broad SMARTS) is 1. The van der Waals surface area contributed by atoms with E-state index in [2.05, 4.69) is 4.98 Å². The van der Waals surface area contributed by atoms with E-state index >= 15 is 0 Å². The monoisotopic (exact) mass is 372 g/mol. The molecule has 1 saturated carbocycles. The molecule has 0 saturated heterocycles. The van der Waals surface area contributed by atoms with Crippen LogP contribution in [0.15, 0.2) is 6.07 Å². The van der Waals surface area contributed by atoms with E-state index in [0.29, 0.717) is 18.5 Å². The number of benzene rings is 1. The van der Waals surface area contributed by atoms with Crippen LogP contribution in [0, 0.1) is 23.4 Å². The first-order valence-electron chi connectivity index (χ1n) is 7.77. The zero-order chi connectivity index (χ0) is 18.1. The van der Waals surface area contributed by atoms with Crippen LogP contribution in [0.25, 0.3) is 10.2 Å². The summed E-state index contributed by atoms with van der Waals surface area (Å²) in [5, 5.41) is 8.99. The Morgan fingerprint density at radius 3 is 2.60 bits per heavy atom. The molecule has 1 aliphatic rings. The van der Waals surface area contributed by atoms with Gasteiger partial charge in [0.05, 0.1) is 17.7 Å². The summed E-state index contributed by atoms with van der Waals surface area (Å²) in [5.41, 5.74) is -0.387. The molecular formula is C16H15F3N2O3S. The van der Waals surface area contributed by atoms with Crippen molar-refractivity contribution in [2.75, 3.05) is 6.54 Å². The van der Waals surface area contributed by atoms with Gasteiger partial charge in [-0.3, -0.25) is 9.59 Å². The Labute approximate surface area is 145 Å². The number of carbonyl (C=O) groups excluding carboxylic acids is 1. The summed E-state index contributed by atoms with van der Waals surface area (Å²) in [6.45, 7) is 0.475. The largest absolute Gasteiger partial charge is 0.481 e. The minimum absolute atomic E-state index is 0.0226. The summed E-state index contributed by atoms with van der Waals surface area (Å²) in [5.74, 6) is -4.49. The van der Waals surface area contributed by atoms with Crippen molar-refractivity contribution in [2.24, 2.45) is 5.92 Å². The molecule has 134 valence electrons. The Balaban J connectivity index is 1.82. The zero-order valence-electron chi connectivity index (χ0n) is 13.1. The molecular weight excluding hydrogens is 357 g/mol. The molecule has 2 aromatic rings. The Kier molecular flexibility index (Phi) is 4.94. The Hall–Kier alpha value is -2.16. The molecule has 9 heteroatoms. The van der Waals surface area contributed by atoms with E-state index in [1.165, 1.54) is 4.90 Å². The maximum atomic E-state index is 13.8. The molecule has 1 aliphatic carbocycles. The van der Waals surface area contributed by atoms with Gasteiger partial charge in [0.15, 0.2) is 11.6 Å². The van der Waals surface area contributed by atoms with Gasteiger partial charge in [0.25, 0.3) is 0 Å². The van der Waals surface area contributed by atoms with Gasteiger partial charge < -0.3 is 10.0 Å². The first kappa shape index (κ1) is 17.7. The van der Waals surface area contributed by atoms with Gasteiger partial charge in [0.1, 0.15) is 16.3 Å². The zero-order valence-corrected chi connectivity index (χ0v) is 13.9. The van der Waals surface area contributed by atoms with Gasteiger partial charge in [-0.1, -0.05) is 0 Å². The van der Waals surface area contributed by atoms with E-state index in [4.69, 9.17) is 5.11 Å². The molecule has 0 unspecified atom stereocenters. The lowest BCUT2D eigenvalue weighted by molar-refractivity contribution is -0.141. The molecule has 0 aliphatic heterocycles. The molecule has 1 aromatic heterocycles. The second-order valence-corrected chi connectivity index (χ2v) is 7.13. The van der Waals surface area contributed by atoms with Crippen molar-refractivity contribution in [3.63, 3.8) is 0 Å². The average molecular weight is 372 g/mol. The number of thiazole rings is 1. The quantitative estimate of drug-likeness (QED) is 0.757. The Morgan fingerprint density at radius 2 is 1.96 bits per heavy atom. The average Bonchev–Trinajstić information content (AvgIpc) is 3.26. The molecule has 25 heavy (non-hydrogen) atoms. The van der Waals surface area contributed by atoms with Crippen LogP contribution in [0.3, 0.4) is 0 Å². The fourth-order valence-electron chi connectivity index (χ4n) is 2.50. The number of amides is 1. The summed E-state index contributed by atoms with van der Waals surface area (Å²) in [4.78, 5) is 28.3. The van der Waals surface area contributed by atoms with Crippen LogP contribution < -0.4 is 0 Å². The fraction of sp³-hybridized carbons (Fsp3) is 0.438. The molecule has 1 N–H and O–H groups in total. The SMILES string of the molecule is O=C(O)CCC(=O)N(Cc1nc2c(F)c(F)cc(F)c2s1)CC1CC1. The number of nitrogens with zero attached hydrogens (tertiary/aromatic N) is 2. The van der Waals surface area contributed by atoms with Crippen molar-refractivity contribution in [1.82, 2.24) is 9.88 Å². The maximum Gasteiger partial charge on any atom is 0.303 e. The number of carbonyl (C=O) groups is 2. The number of fused-ring (bicyclic) bond motifs is 1. The summed E-state index contributed by atoms with van der Waals surface area (Å²) in [6.07, 6.45) is 1.53. The molecule has 0 radical (unpaired) electrons. The predicted octanol–water partition coefficient (Wildman–Crippen LogP) is 3.32. The highest BCUT2D eigenvalue weighted by Crippen LogP contribution is 2.32. The first-order valence-corrected chi connectivity index (χ1v) is 8.59. The van der Waals surface area contributed by atoms with E-state index in [9.17, 15) is 22.8 Å². The third-order valence-corrected chi connectivity index (χ3v) is 5.01. The van der Waals surface area contributed by atoms with Crippen LogP contribution in [0.4, 0.5) is 13.2 Å². The fourth-order valence-corrected chi connectivity index (χ4v) is 3.48. The topological polar surface area (TPSA) is 70.5 Å². The van der Waals surface area contributed by atoms with Crippen LogP contribution in [0.2, 0.25) is 0 Å². The van der Waals surface area contributed by atoms with E-state index in [-0.39, 0.29) is 40.5 Å². The van der Waals surface area contributed by atoms with Gasteiger partial charge >= 0.3 is 5.97 Å². The standard InChI is InChI=1S/C16H15F3N2O3S/c17-9-5-10(18)16-15(14(9)19)20-11(25-16)7-21(6-8-1-2-8)12(22)3-4-13(23)24/h5,8H,1-4,6-7H2,(H,23,24). The summed E-state index contributed by atoms with van der Waals surface area (Å²) in [7, 11) is 0. The second-order valence-electron chi connectivity index (χ2n) is 6.05. The molecule has 1 heterocycles. The number of rotatable bonds is 7. The van der Waals surface area contributed by atoms with Crippen molar-refractivity contribution in [2.45, 2.75) is 32.2 Å². The minimum Gasteiger partial charge on any atom is -0.481 e. The molecule has 0 spiro atoms. The van der Waals surface area contributed by atoms with Gasteiger partial charge in [-0.05, 0) is 18.8 Å². The van der Waals surface area contributed by atoms with Crippen LogP contribution in [-0.2, 0) is 16.1 Å². The highest BCUT2D eigenvalue weighted by Gasteiger charge is 2.28. The second kappa shape index (κ2) is 6.99. The first-order chi connectivity index (χ1) is 11.8. The molecule has 0 atom stereocenters. The molecule has 5 nitrogen and oxygen atoms in total. The maximum absolute atomic E-state index is 13.8. The number of halogens is 3. The number of aliphatic carboxylic acids is 1. The van der Waals surface area contributed by atoms with Gasteiger partial charge in [-0.25, -0.2) is 18.2 Å². The summed E-state index contributed by atoms with van der Waals surface area (Å²) >= 11 is 0.861. The van der Waals surface area contributed by atoms with E-state index < -0.39 is 23.4 Å². The smallest absolute Gasteiger partial charge is 0.303 e. The van der Waals surface area contributed by atoms with Crippen molar-refractivity contribution in [3.8, 4) is 0 Å². The molecule has 1 aromatic carbocycles. The van der Waals surface area contributed by atoms with Gasteiger partial charge in [0.2, 0.25) is 5.91 Å². The van der Waals surface area contributed by atoms with Crippen molar-refractivity contribution in [1.29, 1.82) is 0 Å². The third kappa shape index (κ3) is 4.09. The van der Waals surface area contributed by atoms with E-state index in [1.807, 2.05) is 0 Å². The molecule has 1 fully saturated rings. The highest BCUT2D eigenvalue weighted by molar-refractivity contribution is 7.18. The van der Waals surface area contributed by atoms with Crippen LogP contribution in [0.5, 0.6) is 0 Å². The highest BCUT2D eigenvalue weighted by atomic mass is 32.1. The molecule has 0 bridgehead atoms. The number of hydrogen-bond acceptors (Lipinski definition) is 4. The Bertz CT molecular complexity index is 836. The van der Waals surface area contributed by atoms with Crippen LogP contribution in [0.1, 0.15) is 30.7 Å². The summed E-state index contributed by atoms with van der Waals surface area (Å²) in [6, 6.07) is 0.472. The molecule has 1 amide bonds. The van der Waals surface area contributed by atoms with E-state index in [1.54, 1.807) is 0 Å². The van der Waals surface area contributed by atoms with Crippen LogP contribution in [-0.4, -0.2) is 33.4 Å². The van der Waals surface area contributed by atoms with Gasteiger partial charge in [-0.15, -0.1) is 11.3 Å². The number of carboxylic acids is 1. The van der Waals surface area contributed by atoms with Crippen molar-refractivity contribution < 1.29 is 27.9 Å². The van der Waals surface area contributed by atoms with E-state index in [0.717, 1.165) is 24.2 Å². The lowest BCUT2D eigenvalue weighted by Crippen LogP contribution is -2.32. The predicted molar refractivity (Wildman–Crippen MR) is 84.5 cm³/mol. The van der Waals surface area contributed by atoms with Crippen molar-refractivity contribution >= 4 is 33.4 Å². The third-order valence-electron chi connectivity index (χ3n) is 3.97. The van der Waals surface area contributed by atoms with Crippen molar-refractivity contribution in [3.05, 3.63) is 28.5 Å². The van der Waals surface area contributed by atoms with Crippen LogP contribution >= 0.6 is 11.3 Å². The Morgan fingerprint density at radius 1 is 1.24 bits per heavy atom. The molecule has 3 rings (SSSR count). The number of hydrogen-bond donors (Lipinski definition) is 1. The minimum atomic E-state index is -1.31. The van der Waals surface area contributed by atoms with Gasteiger partial charge in [-0.2, -0.15) is 0 Å². The lowest BCUT2D eigenvalue weighted by atomic mass is 10.2.